The molecule has 0 saturated carbocycles. The molecule has 104 valence electrons. The highest BCUT2D eigenvalue weighted by Gasteiger charge is 2.16. The van der Waals surface area contributed by atoms with Crippen molar-refractivity contribution in [1.29, 1.82) is 0 Å². The Kier molecular flexibility index (Phi) is 4.95. The van der Waals surface area contributed by atoms with E-state index in [-0.39, 0.29) is 12.3 Å². The van der Waals surface area contributed by atoms with Crippen molar-refractivity contribution in [2.24, 2.45) is 0 Å². The lowest BCUT2D eigenvalue weighted by molar-refractivity contribution is 0.0523. The summed E-state index contributed by atoms with van der Waals surface area (Å²) in [5, 5.41) is 3.06. The Balaban J connectivity index is 2.64. The average Bonchev–Trinajstić information content (AvgIpc) is 2.24. The molecule has 5 heteroatoms. The third-order valence-corrected chi connectivity index (χ3v) is 2.63. The second-order valence-electron chi connectivity index (χ2n) is 5.22. The van der Waals surface area contributed by atoms with Crippen molar-refractivity contribution in [3.63, 3.8) is 0 Å². The van der Waals surface area contributed by atoms with Crippen LogP contribution in [0.4, 0.5) is 4.79 Å². The number of alkyl carbamates (subject to hydrolysis) is 1. The number of nitrogens with one attached hydrogen (secondary N) is 1. The van der Waals surface area contributed by atoms with Crippen molar-refractivity contribution in [1.82, 2.24) is 5.32 Å². The molecule has 19 heavy (non-hydrogen) atoms. The molecule has 1 amide bonds. The normalized spacial score (nSPS) is 11.0. The monoisotopic (exact) mass is 283 g/mol. The number of carbonyl (C=O) groups excluding carboxylic acids is 2. The highest BCUT2D eigenvalue weighted by atomic mass is 35.5. The summed E-state index contributed by atoms with van der Waals surface area (Å²) in [6.07, 6.45) is -0.501. The van der Waals surface area contributed by atoms with Crippen LogP contribution in [0.2, 0.25) is 5.02 Å². The smallest absolute Gasteiger partial charge is 0.407 e. The van der Waals surface area contributed by atoms with Gasteiger partial charge in [0.1, 0.15) is 5.60 Å². The molecule has 0 fully saturated rings. The van der Waals surface area contributed by atoms with Crippen molar-refractivity contribution in [3.8, 4) is 0 Å². The van der Waals surface area contributed by atoms with Gasteiger partial charge in [-0.2, -0.15) is 0 Å². The van der Waals surface area contributed by atoms with E-state index in [9.17, 15) is 9.59 Å². The zero-order chi connectivity index (χ0) is 14.6. The topological polar surface area (TPSA) is 55.4 Å². The van der Waals surface area contributed by atoms with Crippen LogP contribution in [0.3, 0.4) is 0 Å². The molecule has 1 aromatic carbocycles. The number of Topliss-reactive ketones (excluding diaryl/α,β-unsaturated/α-hetero) is 1. The number of ether oxygens (including phenoxy) is 1. The van der Waals surface area contributed by atoms with Gasteiger partial charge in [0.15, 0.2) is 5.78 Å². The standard InChI is InChI=1S/C14H18ClNO3/c1-9(17)10-5-6-11(12(15)7-10)8-16-13(18)19-14(2,3)4/h5-7H,8H2,1-4H3,(H,16,18). The number of hydrogen-bond donors (Lipinski definition) is 1. The molecule has 1 aromatic rings. The maximum Gasteiger partial charge on any atom is 0.407 e. The van der Waals surface area contributed by atoms with E-state index in [4.69, 9.17) is 16.3 Å². The van der Waals surface area contributed by atoms with Crippen LogP contribution in [0.5, 0.6) is 0 Å². The summed E-state index contributed by atoms with van der Waals surface area (Å²) in [4.78, 5) is 22.7. The molecule has 0 saturated heterocycles. The zero-order valence-electron chi connectivity index (χ0n) is 11.5. The number of halogens is 1. The first kappa shape index (κ1) is 15.5. The Morgan fingerprint density at radius 1 is 1.32 bits per heavy atom. The van der Waals surface area contributed by atoms with Gasteiger partial charge in [-0.05, 0) is 39.3 Å². The lowest BCUT2D eigenvalue weighted by Gasteiger charge is -2.19. The first-order valence-electron chi connectivity index (χ1n) is 5.95. The van der Waals surface area contributed by atoms with E-state index in [1.54, 1.807) is 39.0 Å². The molecule has 0 aromatic heterocycles. The Bertz CT molecular complexity index is 492. The molecule has 1 rings (SSSR count). The third kappa shape index (κ3) is 5.30. The number of amides is 1. The van der Waals surface area contributed by atoms with Crippen molar-refractivity contribution in [3.05, 3.63) is 34.3 Å². The van der Waals surface area contributed by atoms with Gasteiger partial charge in [0.05, 0.1) is 0 Å². The summed E-state index contributed by atoms with van der Waals surface area (Å²) >= 11 is 6.05. The van der Waals surface area contributed by atoms with Crippen LogP contribution in [0.1, 0.15) is 43.6 Å². The van der Waals surface area contributed by atoms with Gasteiger partial charge in [-0.15, -0.1) is 0 Å². The van der Waals surface area contributed by atoms with Crippen LogP contribution in [0.25, 0.3) is 0 Å². The van der Waals surface area contributed by atoms with Crippen LogP contribution in [-0.2, 0) is 11.3 Å². The van der Waals surface area contributed by atoms with Crippen LogP contribution in [-0.4, -0.2) is 17.5 Å². The molecule has 0 bridgehead atoms. The van der Waals surface area contributed by atoms with E-state index in [2.05, 4.69) is 5.32 Å². The lowest BCUT2D eigenvalue weighted by atomic mass is 10.1. The molecule has 1 N–H and O–H groups in total. The second kappa shape index (κ2) is 6.06. The predicted molar refractivity (Wildman–Crippen MR) is 74.5 cm³/mol. The minimum atomic E-state index is -0.535. The van der Waals surface area contributed by atoms with E-state index in [1.807, 2.05) is 0 Å². The Labute approximate surface area is 118 Å². The first-order chi connectivity index (χ1) is 8.69. The molecule has 0 aliphatic rings. The van der Waals surface area contributed by atoms with E-state index in [1.165, 1.54) is 6.92 Å². The van der Waals surface area contributed by atoms with Crippen LogP contribution >= 0.6 is 11.6 Å². The minimum Gasteiger partial charge on any atom is -0.444 e. The Hall–Kier alpha value is -1.55. The molecule has 0 heterocycles. The molecule has 0 radical (unpaired) electrons. The Morgan fingerprint density at radius 3 is 2.42 bits per heavy atom. The maximum absolute atomic E-state index is 11.5. The van der Waals surface area contributed by atoms with Gasteiger partial charge in [-0.1, -0.05) is 23.7 Å². The predicted octanol–water partition coefficient (Wildman–Crippen LogP) is 3.57. The second-order valence-corrected chi connectivity index (χ2v) is 5.63. The summed E-state index contributed by atoms with van der Waals surface area (Å²) in [5.74, 6) is -0.0476. The van der Waals surface area contributed by atoms with E-state index in [0.29, 0.717) is 10.6 Å². The van der Waals surface area contributed by atoms with Crippen molar-refractivity contribution >= 4 is 23.5 Å². The van der Waals surface area contributed by atoms with Crippen molar-refractivity contribution in [2.75, 3.05) is 0 Å². The molecule has 0 aliphatic heterocycles. The van der Waals surface area contributed by atoms with Crippen molar-refractivity contribution in [2.45, 2.75) is 39.8 Å². The van der Waals surface area contributed by atoms with Gasteiger partial charge in [0, 0.05) is 17.1 Å². The highest BCUT2D eigenvalue weighted by molar-refractivity contribution is 6.31. The third-order valence-electron chi connectivity index (χ3n) is 2.28. The number of benzene rings is 1. The van der Waals surface area contributed by atoms with Crippen LogP contribution in [0.15, 0.2) is 18.2 Å². The fourth-order valence-corrected chi connectivity index (χ4v) is 1.64. The summed E-state index contributed by atoms with van der Waals surface area (Å²) in [6.45, 7) is 7.11. The van der Waals surface area contributed by atoms with Crippen LogP contribution in [0, 0.1) is 0 Å². The molecular formula is C14H18ClNO3. The summed E-state index contributed by atoms with van der Waals surface area (Å²) in [7, 11) is 0. The minimum absolute atomic E-state index is 0.0476. The van der Waals surface area contributed by atoms with Gasteiger partial charge >= 0.3 is 6.09 Å². The van der Waals surface area contributed by atoms with Gasteiger partial charge in [-0.3, -0.25) is 4.79 Å². The quantitative estimate of drug-likeness (QED) is 0.863. The lowest BCUT2D eigenvalue weighted by Crippen LogP contribution is -2.32. The van der Waals surface area contributed by atoms with E-state index >= 15 is 0 Å². The molecule has 0 aliphatic carbocycles. The Morgan fingerprint density at radius 2 is 1.95 bits per heavy atom. The van der Waals surface area contributed by atoms with Crippen LogP contribution < -0.4 is 5.32 Å². The van der Waals surface area contributed by atoms with Gasteiger partial charge in [-0.25, -0.2) is 4.79 Å². The fourth-order valence-electron chi connectivity index (χ4n) is 1.39. The summed E-state index contributed by atoms with van der Waals surface area (Å²) in [6, 6.07) is 4.99. The van der Waals surface area contributed by atoms with Gasteiger partial charge in [0.25, 0.3) is 0 Å². The maximum atomic E-state index is 11.5. The fraction of sp³-hybridized carbons (Fsp3) is 0.429. The van der Waals surface area contributed by atoms with E-state index < -0.39 is 11.7 Å². The summed E-state index contributed by atoms with van der Waals surface area (Å²) < 4.78 is 5.11. The number of hydrogen-bond acceptors (Lipinski definition) is 3. The number of rotatable bonds is 3. The van der Waals surface area contributed by atoms with Gasteiger partial charge < -0.3 is 10.1 Å². The van der Waals surface area contributed by atoms with E-state index in [0.717, 1.165) is 5.56 Å². The molecular weight excluding hydrogens is 266 g/mol. The highest BCUT2D eigenvalue weighted by Crippen LogP contribution is 2.18. The molecule has 4 nitrogen and oxygen atoms in total. The molecule has 0 unspecified atom stereocenters. The SMILES string of the molecule is CC(=O)c1ccc(CNC(=O)OC(C)(C)C)c(Cl)c1. The first-order valence-corrected chi connectivity index (χ1v) is 6.33. The average molecular weight is 284 g/mol. The van der Waals surface area contributed by atoms with Gasteiger partial charge in [0.2, 0.25) is 0 Å². The zero-order valence-corrected chi connectivity index (χ0v) is 12.3. The molecule has 0 spiro atoms. The number of carbonyl (C=O) groups is 2. The molecule has 0 atom stereocenters. The number of ketones is 1. The largest absolute Gasteiger partial charge is 0.444 e. The van der Waals surface area contributed by atoms with Crippen molar-refractivity contribution < 1.29 is 14.3 Å². The summed E-state index contributed by atoms with van der Waals surface area (Å²) in [5.41, 5.74) is 0.746.